The minimum absolute atomic E-state index is 0.538. The summed E-state index contributed by atoms with van der Waals surface area (Å²) in [5.74, 6) is -0.806. The smallest absolute Gasteiger partial charge is 0.310 e. The third-order valence-electron chi connectivity index (χ3n) is 4.56. The lowest BCUT2D eigenvalue weighted by Crippen LogP contribution is -2.54. The van der Waals surface area contributed by atoms with Gasteiger partial charge in [-0.15, -0.1) is 0 Å². The average Bonchev–Trinajstić information content (AvgIpc) is 2.44. The monoisotopic (exact) mass is 286 g/mol. The molecule has 0 aliphatic heterocycles. The number of carbonyl (C=O) groups is 1. The van der Waals surface area contributed by atoms with Crippen LogP contribution in [-0.2, 0) is 11.3 Å². The van der Waals surface area contributed by atoms with E-state index in [2.05, 4.69) is 10.3 Å². The van der Waals surface area contributed by atoms with Crippen LogP contribution in [0.2, 0.25) is 0 Å². The maximum atomic E-state index is 11.4. The first-order chi connectivity index (χ1) is 9.75. The van der Waals surface area contributed by atoms with Crippen LogP contribution in [0.5, 0.6) is 0 Å². The summed E-state index contributed by atoms with van der Waals surface area (Å²) in [6, 6.07) is 9.93. The van der Waals surface area contributed by atoms with Gasteiger partial charge in [0.15, 0.2) is 0 Å². The number of aliphatic carboxylic acids is 1. The van der Waals surface area contributed by atoms with Gasteiger partial charge in [-0.05, 0) is 45.4 Å². The normalized spacial score (nSPS) is 12.6. The fourth-order valence-corrected chi connectivity index (χ4v) is 2.11. The number of carboxylic acid groups (broad SMARTS) is 1. The van der Waals surface area contributed by atoms with Gasteiger partial charge < -0.3 is 10.4 Å². The zero-order valence-electron chi connectivity index (χ0n) is 13.0. The molecule has 0 radical (unpaired) electrons. The lowest BCUT2D eigenvalue weighted by Gasteiger charge is -2.39. The van der Waals surface area contributed by atoms with Crippen LogP contribution in [0.3, 0.4) is 0 Å². The van der Waals surface area contributed by atoms with E-state index in [4.69, 9.17) is 0 Å². The van der Waals surface area contributed by atoms with Crippen molar-refractivity contribution in [1.82, 2.24) is 10.3 Å². The van der Waals surface area contributed by atoms with E-state index < -0.39 is 16.9 Å². The number of benzene rings is 1. The second-order valence-corrected chi connectivity index (χ2v) is 6.40. The highest BCUT2D eigenvalue weighted by molar-refractivity contribution is 5.81. The van der Waals surface area contributed by atoms with E-state index in [-0.39, 0.29) is 0 Å². The topological polar surface area (TPSA) is 62.2 Å². The average molecular weight is 286 g/mol. The molecule has 112 valence electrons. The van der Waals surface area contributed by atoms with E-state index in [1.807, 2.05) is 44.2 Å². The molecule has 0 amide bonds. The number of nitrogens with one attached hydrogen (secondary N) is 1. The van der Waals surface area contributed by atoms with Crippen molar-refractivity contribution in [1.29, 1.82) is 0 Å². The Bertz CT molecular complexity index is 657. The SMILES string of the molecule is CC(C)(NCc1ccnc2ccccc12)C(C)(C)C(=O)O. The van der Waals surface area contributed by atoms with Crippen molar-refractivity contribution >= 4 is 16.9 Å². The first kappa shape index (κ1) is 15.4. The molecule has 0 unspecified atom stereocenters. The van der Waals surface area contributed by atoms with E-state index >= 15 is 0 Å². The second kappa shape index (κ2) is 5.45. The molecular formula is C17H22N2O2. The Hall–Kier alpha value is -1.94. The standard InChI is InChI=1S/C17H22N2O2/c1-16(2,15(20)21)17(3,4)19-11-12-9-10-18-14-8-6-5-7-13(12)14/h5-10,19H,11H2,1-4H3,(H,20,21). The van der Waals surface area contributed by atoms with Crippen molar-refractivity contribution in [3.05, 3.63) is 42.1 Å². The zero-order chi connectivity index (χ0) is 15.7. The van der Waals surface area contributed by atoms with Gasteiger partial charge in [0, 0.05) is 23.7 Å². The molecule has 0 atom stereocenters. The summed E-state index contributed by atoms with van der Waals surface area (Å²) in [6.07, 6.45) is 1.79. The van der Waals surface area contributed by atoms with Gasteiger partial charge in [-0.1, -0.05) is 18.2 Å². The van der Waals surface area contributed by atoms with Crippen LogP contribution in [0.15, 0.2) is 36.5 Å². The number of rotatable bonds is 5. The van der Waals surface area contributed by atoms with Crippen LogP contribution in [-0.4, -0.2) is 21.6 Å². The predicted molar refractivity (Wildman–Crippen MR) is 84.1 cm³/mol. The summed E-state index contributed by atoms with van der Waals surface area (Å²) < 4.78 is 0. The molecule has 1 aromatic carbocycles. The van der Waals surface area contributed by atoms with Crippen molar-refractivity contribution in [2.24, 2.45) is 5.41 Å². The predicted octanol–water partition coefficient (Wildman–Crippen LogP) is 3.21. The van der Waals surface area contributed by atoms with Gasteiger partial charge >= 0.3 is 5.97 Å². The summed E-state index contributed by atoms with van der Waals surface area (Å²) in [5, 5.41) is 13.9. The van der Waals surface area contributed by atoms with E-state index in [1.165, 1.54) is 0 Å². The van der Waals surface area contributed by atoms with E-state index in [0.717, 1.165) is 16.5 Å². The van der Waals surface area contributed by atoms with Gasteiger partial charge in [0.05, 0.1) is 10.9 Å². The second-order valence-electron chi connectivity index (χ2n) is 6.40. The van der Waals surface area contributed by atoms with Crippen LogP contribution in [0.1, 0.15) is 33.3 Å². The molecule has 4 nitrogen and oxygen atoms in total. The molecule has 2 N–H and O–H groups in total. The third-order valence-corrected chi connectivity index (χ3v) is 4.56. The number of fused-ring (bicyclic) bond motifs is 1. The number of hydrogen-bond acceptors (Lipinski definition) is 3. The number of para-hydroxylation sites is 1. The van der Waals surface area contributed by atoms with E-state index in [0.29, 0.717) is 6.54 Å². The van der Waals surface area contributed by atoms with Crippen molar-refractivity contribution in [2.75, 3.05) is 0 Å². The lowest BCUT2D eigenvalue weighted by molar-refractivity contribution is -0.151. The van der Waals surface area contributed by atoms with Crippen molar-refractivity contribution in [3.8, 4) is 0 Å². The van der Waals surface area contributed by atoms with Crippen LogP contribution < -0.4 is 5.32 Å². The van der Waals surface area contributed by atoms with Gasteiger partial charge in [-0.2, -0.15) is 0 Å². The van der Waals surface area contributed by atoms with Gasteiger partial charge in [0.25, 0.3) is 0 Å². The van der Waals surface area contributed by atoms with Crippen molar-refractivity contribution in [2.45, 2.75) is 39.8 Å². The molecule has 1 heterocycles. The Kier molecular flexibility index (Phi) is 4.01. The lowest BCUT2D eigenvalue weighted by atomic mass is 9.74. The number of pyridine rings is 1. The summed E-state index contributed by atoms with van der Waals surface area (Å²) in [6.45, 7) is 7.93. The molecule has 0 saturated heterocycles. The Balaban J connectivity index is 2.24. The molecular weight excluding hydrogens is 264 g/mol. The number of aromatic nitrogens is 1. The van der Waals surface area contributed by atoms with Crippen LogP contribution in [0.4, 0.5) is 0 Å². The number of carboxylic acids is 1. The highest BCUT2D eigenvalue weighted by Gasteiger charge is 2.43. The minimum atomic E-state index is -0.865. The number of hydrogen-bond donors (Lipinski definition) is 2. The molecule has 2 aromatic rings. The zero-order valence-corrected chi connectivity index (χ0v) is 13.0. The highest BCUT2D eigenvalue weighted by Crippen LogP contribution is 2.31. The van der Waals surface area contributed by atoms with Crippen molar-refractivity contribution < 1.29 is 9.90 Å². The maximum absolute atomic E-state index is 11.4. The molecule has 4 heteroatoms. The fraction of sp³-hybridized carbons (Fsp3) is 0.412. The van der Waals surface area contributed by atoms with Gasteiger partial charge in [0.1, 0.15) is 0 Å². The molecule has 0 fully saturated rings. The van der Waals surface area contributed by atoms with Gasteiger partial charge in [0.2, 0.25) is 0 Å². The van der Waals surface area contributed by atoms with Crippen LogP contribution >= 0.6 is 0 Å². The van der Waals surface area contributed by atoms with E-state index in [9.17, 15) is 9.90 Å². The Morgan fingerprint density at radius 2 is 1.86 bits per heavy atom. The summed E-state index contributed by atoms with van der Waals surface area (Å²) in [7, 11) is 0. The molecule has 2 rings (SSSR count). The first-order valence-corrected chi connectivity index (χ1v) is 7.07. The third kappa shape index (κ3) is 2.90. The Labute approximate surface area is 125 Å². The van der Waals surface area contributed by atoms with Crippen LogP contribution in [0.25, 0.3) is 10.9 Å². The molecule has 0 bridgehead atoms. The largest absolute Gasteiger partial charge is 0.481 e. The molecule has 0 saturated carbocycles. The molecule has 0 aliphatic carbocycles. The molecule has 0 spiro atoms. The fourth-order valence-electron chi connectivity index (χ4n) is 2.11. The molecule has 0 aliphatic rings. The molecule has 1 aromatic heterocycles. The molecule has 21 heavy (non-hydrogen) atoms. The summed E-state index contributed by atoms with van der Waals surface area (Å²) in [4.78, 5) is 15.8. The quantitative estimate of drug-likeness (QED) is 0.886. The Morgan fingerprint density at radius 3 is 2.52 bits per heavy atom. The first-order valence-electron chi connectivity index (χ1n) is 7.07. The van der Waals surface area contributed by atoms with E-state index in [1.54, 1.807) is 20.0 Å². The van der Waals surface area contributed by atoms with Gasteiger partial charge in [-0.25, -0.2) is 0 Å². The highest BCUT2D eigenvalue weighted by atomic mass is 16.4. The Morgan fingerprint density at radius 1 is 1.19 bits per heavy atom. The maximum Gasteiger partial charge on any atom is 0.310 e. The van der Waals surface area contributed by atoms with Crippen molar-refractivity contribution in [3.63, 3.8) is 0 Å². The minimum Gasteiger partial charge on any atom is -0.481 e. The van der Waals surface area contributed by atoms with Crippen LogP contribution in [0, 0.1) is 5.41 Å². The number of nitrogens with zero attached hydrogens (tertiary/aromatic N) is 1. The summed E-state index contributed by atoms with van der Waals surface area (Å²) in [5.41, 5.74) is 0.668. The summed E-state index contributed by atoms with van der Waals surface area (Å²) >= 11 is 0. The van der Waals surface area contributed by atoms with Gasteiger partial charge in [-0.3, -0.25) is 9.78 Å².